The SMILES string of the molecule is c1cncc(-c2noc(C3CCN(Cc4ccnc5ccccc45)C3)n2)c1. The molecule has 1 fully saturated rings. The van der Waals surface area contributed by atoms with Gasteiger partial charge in [0.25, 0.3) is 0 Å². The summed E-state index contributed by atoms with van der Waals surface area (Å²) in [4.78, 5) is 15.6. The number of pyridine rings is 2. The van der Waals surface area contributed by atoms with Crippen LogP contribution in [0, 0.1) is 0 Å². The molecule has 1 aromatic carbocycles. The van der Waals surface area contributed by atoms with Crippen molar-refractivity contribution in [1.29, 1.82) is 0 Å². The van der Waals surface area contributed by atoms with Crippen molar-refractivity contribution in [3.05, 3.63) is 72.5 Å². The summed E-state index contributed by atoms with van der Waals surface area (Å²) in [6, 6.07) is 14.2. The second-order valence-corrected chi connectivity index (χ2v) is 6.91. The molecule has 3 aromatic heterocycles. The third-order valence-electron chi connectivity index (χ3n) is 5.12. The van der Waals surface area contributed by atoms with Crippen LogP contribution in [0.2, 0.25) is 0 Å². The molecular formula is C21H19N5O. The third kappa shape index (κ3) is 3.19. The van der Waals surface area contributed by atoms with E-state index >= 15 is 0 Å². The predicted octanol–water partition coefficient (Wildman–Crippen LogP) is 3.67. The van der Waals surface area contributed by atoms with Crippen LogP contribution in [-0.4, -0.2) is 38.1 Å². The van der Waals surface area contributed by atoms with Gasteiger partial charge < -0.3 is 4.52 Å². The second-order valence-electron chi connectivity index (χ2n) is 6.91. The Morgan fingerprint density at radius 1 is 1.07 bits per heavy atom. The van der Waals surface area contributed by atoms with Gasteiger partial charge in [-0.3, -0.25) is 14.9 Å². The highest BCUT2D eigenvalue weighted by atomic mass is 16.5. The van der Waals surface area contributed by atoms with E-state index in [1.54, 1.807) is 12.4 Å². The normalized spacial score (nSPS) is 17.6. The molecule has 4 aromatic rings. The number of para-hydroxylation sites is 1. The van der Waals surface area contributed by atoms with Crippen LogP contribution in [0.15, 0.2) is 65.6 Å². The van der Waals surface area contributed by atoms with Crippen LogP contribution in [-0.2, 0) is 6.54 Å². The van der Waals surface area contributed by atoms with Gasteiger partial charge in [-0.2, -0.15) is 4.98 Å². The van der Waals surface area contributed by atoms with E-state index in [1.165, 1.54) is 10.9 Å². The van der Waals surface area contributed by atoms with Crippen LogP contribution in [0.5, 0.6) is 0 Å². The quantitative estimate of drug-likeness (QED) is 0.555. The van der Waals surface area contributed by atoms with Gasteiger partial charge in [-0.1, -0.05) is 23.4 Å². The summed E-state index contributed by atoms with van der Waals surface area (Å²) in [5.74, 6) is 1.60. The van der Waals surface area contributed by atoms with Crippen LogP contribution in [0.1, 0.15) is 23.8 Å². The van der Waals surface area contributed by atoms with Gasteiger partial charge in [-0.15, -0.1) is 0 Å². The van der Waals surface area contributed by atoms with E-state index in [0.29, 0.717) is 5.82 Å². The van der Waals surface area contributed by atoms with Crippen molar-refractivity contribution in [2.45, 2.75) is 18.9 Å². The lowest BCUT2D eigenvalue weighted by molar-refractivity contribution is 0.310. The van der Waals surface area contributed by atoms with Gasteiger partial charge >= 0.3 is 0 Å². The summed E-state index contributed by atoms with van der Waals surface area (Å²) < 4.78 is 5.55. The first-order chi connectivity index (χ1) is 13.4. The van der Waals surface area contributed by atoms with Crippen LogP contribution < -0.4 is 0 Å². The molecule has 1 aliphatic heterocycles. The summed E-state index contributed by atoms with van der Waals surface area (Å²) >= 11 is 0. The predicted molar refractivity (Wildman–Crippen MR) is 102 cm³/mol. The van der Waals surface area contributed by atoms with Crippen LogP contribution in [0.25, 0.3) is 22.3 Å². The maximum absolute atomic E-state index is 5.55. The van der Waals surface area contributed by atoms with Gasteiger partial charge in [-0.25, -0.2) is 0 Å². The third-order valence-corrected chi connectivity index (χ3v) is 5.12. The number of aromatic nitrogens is 4. The van der Waals surface area contributed by atoms with E-state index in [9.17, 15) is 0 Å². The highest BCUT2D eigenvalue weighted by Crippen LogP contribution is 2.29. The first-order valence-corrected chi connectivity index (χ1v) is 9.16. The number of likely N-dealkylation sites (tertiary alicyclic amines) is 1. The minimum absolute atomic E-state index is 0.274. The average Bonchev–Trinajstić information content (AvgIpc) is 3.39. The zero-order chi connectivity index (χ0) is 18.1. The smallest absolute Gasteiger partial charge is 0.231 e. The Morgan fingerprint density at radius 2 is 2.04 bits per heavy atom. The van der Waals surface area contributed by atoms with Crippen molar-refractivity contribution in [1.82, 2.24) is 25.0 Å². The Balaban J connectivity index is 1.31. The fraction of sp³-hybridized carbons (Fsp3) is 0.238. The van der Waals surface area contributed by atoms with Crippen molar-refractivity contribution in [2.75, 3.05) is 13.1 Å². The first kappa shape index (κ1) is 16.1. The number of benzene rings is 1. The summed E-state index contributed by atoms with van der Waals surface area (Å²) in [6.07, 6.45) is 6.41. The number of nitrogens with zero attached hydrogens (tertiary/aromatic N) is 5. The molecule has 1 atom stereocenters. The summed E-state index contributed by atoms with van der Waals surface area (Å²) in [5, 5.41) is 5.35. The van der Waals surface area contributed by atoms with E-state index in [4.69, 9.17) is 4.52 Å². The van der Waals surface area contributed by atoms with Gasteiger partial charge in [0, 0.05) is 42.6 Å². The topological polar surface area (TPSA) is 67.9 Å². The monoisotopic (exact) mass is 357 g/mol. The van der Waals surface area contributed by atoms with E-state index in [1.807, 2.05) is 24.4 Å². The van der Waals surface area contributed by atoms with Crippen LogP contribution in [0.4, 0.5) is 0 Å². The Labute approximate surface area is 156 Å². The van der Waals surface area contributed by atoms with Gasteiger partial charge in [0.2, 0.25) is 11.7 Å². The fourth-order valence-electron chi connectivity index (χ4n) is 3.72. The molecule has 0 aliphatic carbocycles. The molecule has 6 heteroatoms. The first-order valence-electron chi connectivity index (χ1n) is 9.16. The Hall–Kier alpha value is -3.12. The highest BCUT2D eigenvalue weighted by molar-refractivity contribution is 5.81. The number of fused-ring (bicyclic) bond motifs is 1. The molecular weight excluding hydrogens is 338 g/mol. The van der Waals surface area contributed by atoms with E-state index < -0.39 is 0 Å². The minimum atomic E-state index is 0.274. The Kier molecular flexibility index (Phi) is 4.10. The largest absolute Gasteiger partial charge is 0.339 e. The molecule has 0 N–H and O–H groups in total. The molecule has 1 unspecified atom stereocenters. The molecule has 27 heavy (non-hydrogen) atoms. The second kappa shape index (κ2) is 6.89. The van der Waals surface area contributed by atoms with Crippen molar-refractivity contribution in [3.63, 3.8) is 0 Å². The maximum atomic E-state index is 5.55. The molecule has 5 rings (SSSR count). The standard InChI is InChI=1S/C21H19N5O/c1-2-6-19-18(5-1)16(7-10-23-19)13-26-11-8-17(14-26)21-24-20(25-27-21)15-4-3-9-22-12-15/h1-7,9-10,12,17H,8,11,13-14H2. The summed E-state index contributed by atoms with van der Waals surface area (Å²) in [6.45, 7) is 2.85. The van der Waals surface area contributed by atoms with Crippen LogP contribution in [0.3, 0.4) is 0 Å². The fourth-order valence-corrected chi connectivity index (χ4v) is 3.72. The van der Waals surface area contributed by atoms with Gasteiger partial charge in [0.05, 0.1) is 11.4 Å². The minimum Gasteiger partial charge on any atom is -0.339 e. The Bertz CT molecular complexity index is 1060. The Morgan fingerprint density at radius 3 is 2.96 bits per heavy atom. The summed E-state index contributed by atoms with van der Waals surface area (Å²) in [7, 11) is 0. The lowest BCUT2D eigenvalue weighted by Crippen LogP contribution is -2.20. The zero-order valence-corrected chi connectivity index (χ0v) is 14.8. The molecule has 134 valence electrons. The number of hydrogen-bond acceptors (Lipinski definition) is 6. The van der Waals surface area contributed by atoms with Gasteiger partial charge in [0.1, 0.15) is 0 Å². The molecule has 4 heterocycles. The van der Waals surface area contributed by atoms with E-state index in [0.717, 1.165) is 43.0 Å². The van der Waals surface area contributed by atoms with Crippen molar-refractivity contribution >= 4 is 10.9 Å². The molecule has 0 saturated carbocycles. The van der Waals surface area contributed by atoms with Crippen molar-refractivity contribution < 1.29 is 4.52 Å². The molecule has 1 aliphatic rings. The molecule has 0 spiro atoms. The van der Waals surface area contributed by atoms with E-state index in [2.05, 4.69) is 49.3 Å². The number of hydrogen-bond donors (Lipinski definition) is 0. The molecule has 1 saturated heterocycles. The summed E-state index contributed by atoms with van der Waals surface area (Å²) in [5.41, 5.74) is 3.23. The van der Waals surface area contributed by atoms with E-state index in [-0.39, 0.29) is 5.92 Å². The van der Waals surface area contributed by atoms with Crippen molar-refractivity contribution in [2.24, 2.45) is 0 Å². The maximum Gasteiger partial charge on any atom is 0.231 e. The number of rotatable bonds is 4. The molecule has 6 nitrogen and oxygen atoms in total. The average molecular weight is 357 g/mol. The van der Waals surface area contributed by atoms with Crippen molar-refractivity contribution in [3.8, 4) is 11.4 Å². The lowest BCUT2D eigenvalue weighted by atomic mass is 10.1. The molecule has 0 bridgehead atoms. The zero-order valence-electron chi connectivity index (χ0n) is 14.8. The van der Waals surface area contributed by atoms with Gasteiger partial charge in [0.15, 0.2) is 0 Å². The lowest BCUT2D eigenvalue weighted by Gasteiger charge is -2.16. The molecule has 0 amide bonds. The van der Waals surface area contributed by atoms with Gasteiger partial charge in [-0.05, 0) is 42.8 Å². The molecule has 0 radical (unpaired) electrons. The highest BCUT2D eigenvalue weighted by Gasteiger charge is 2.28. The van der Waals surface area contributed by atoms with Crippen LogP contribution >= 0.6 is 0 Å².